The molecular weight excluding hydrogens is 538 g/mol. The minimum absolute atomic E-state index is 0.185. The molecule has 0 fully saturated rings. The van der Waals surface area contributed by atoms with Gasteiger partial charge in [-0.05, 0) is 29.8 Å². The lowest BCUT2D eigenvalue weighted by molar-refractivity contribution is -0.247. The summed E-state index contributed by atoms with van der Waals surface area (Å²) < 4.78 is 20.5. The minimum atomic E-state index is -1.69. The standard InChI is InChI=1S/C26H28ClNO11/c1-15(30)35-22(13-29)25(37-17(3)32)26(38-18(4)33)23(36-16(2)31)14-34-39-20-10-8-19(9-11-20)24(27)21-7-5-6-12-28-21/h5-13,22-26H,14H2,1-4H3/t22-,23+,24?,25+,26-/m0/s1. The van der Waals surface area contributed by atoms with Crippen LogP contribution < -0.4 is 4.89 Å². The normalized spacial score (nSPS) is 14.5. The Kier molecular flexibility index (Phi) is 12.3. The number of carbonyl (C=O) groups is 5. The van der Waals surface area contributed by atoms with Crippen molar-refractivity contribution in [2.45, 2.75) is 57.5 Å². The number of hydrogen-bond donors (Lipinski definition) is 0. The molecule has 5 atom stereocenters. The molecule has 210 valence electrons. The van der Waals surface area contributed by atoms with Gasteiger partial charge in [-0.15, -0.1) is 11.6 Å². The lowest BCUT2D eigenvalue weighted by Crippen LogP contribution is -2.53. The first-order valence-electron chi connectivity index (χ1n) is 11.6. The lowest BCUT2D eigenvalue weighted by atomic mass is 10.0. The van der Waals surface area contributed by atoms with E-state index in [0.29, 0.717) is 5.69 Å². The van der Waals surface area contributed by atoms with E-state index in [1.165, 1.54) is 0 Å². The molecule has 0 aliphatic rings. The quantitative estimate of drug-likeness (QED) is 0.0825. The molecular formula is C26H28ClNO11. The van der Waals surface area contributed by atoms with Crippen LogP contribution in [0.4, 0.5) is 0 Å². The number of pyridine rings is 1. The fraction of sp³-hybridized carbons (Fsp3) is 0.385. The van der Waals surface area contributed by atoms with Gasteiger partial charge in [-0.2, -0.15) is 4.89 Å². The number of aromatic nitrogens is 1. The van der Waals surface area contributed by atoms with Crippen LogP contribution in [0, 0.1) is 0 Å². The first-order chi connectivity index (χ1) is 18.5. The highest BCUT2D eigenvalue weighted by Gasteiger charge is 2.43. The van der Waals surface area contributed by atoms with Crippen molar-refractivity contribution in [3.05, 3.63) is 59.9 Å². The molecule has 0 N–H and O–H groups in total. The first kappa shape index (κ1) is 31.2. The van der Waals surface area contributed by atoms with Crippen LogP contribution in [0.1, 0.15) is 44.3 Å². The predicted octanol–water partition coefficient (Wildman–Crippen LogP) is 2.65. The average Bonchev–Trinajstić information content (AvgIpc) is 2.88. The summed E-state index contributed by atoms with van der Waals surface area (Å²) in [5, 5.41) is -0.500. The monoisotopic (exact) mass is 565 g/mol. The Morgan fingerprint density at radius 2 is 1.41 bits per heavy atom. The number of alkyl halides is 1. The van der Waals surface area contributed by atoms with E-state index in [-0.39, 0.29) is 12.0 Å². The Hall–Kier alpha value is -4.03. The molecule has 13 heteroatoms. The van der Waals surface area contributed by atoms with E-state index in [1.807, 2.05) is 6.07 Å². The third-order valence-electron chi connectivity index (χ3n) is 4.88. The van der Waals surface area contributed by atoms with Crippen LogP contribution in [0.3, 0.4) is 0 Å². The number of carbonyl (C=O) groups excluding carboxylic acids is 5. The van der Waals surface area contributed by atoms with Crippen molar-refractivity contribution in [2.24, 2.45) is 0 Å². The molecule has 0 saturated heterocycles. The molecule has 0 aliphatic carbocycles. The van der Waals surface area contributed by atoms with Gasteiger partial charge in [-0.3, -0.25) is 29.0 Å². The second-order valence-electron chi connectivity index (χ2n) is 8.06. The van der Waals surface area contributed by atoms with Gasteiger partial charge in [0.05, 0.1) is 5.69 Å². The lowest BCUT2D eigenvalue weighted by Gasteiger charge is -2.33. The van der Waals surface area contributed by atoms with Crippen LogP contribution in [0.15, 0.2) is 48.7 Å². The van der Waals surface area contributed by atoms with E-state index in [1.54, 1.807) is 42.6 Å². The second kappa shape index (κ2) is 15.4. The molecule has 0 radical (unpaired) electrons. The summed E-state index contributed by atoms with van der Waals surface area (Å²) in [6.07, 6.45) is -4.62. The molecule has 1 aromatic carbocycles. The highest BCUT2D eigenvalue weighted by molar-refractivity contribution is 6.22. The molecule has 39 heavy (non-hydrogen) atoms. The Morgan fingerprint density at radius 1 is 0.821 bits per heavy atom. The van der Waals surface area contributed by atoms with Gasteiger partial charge in [-0.1, -0.05) is 18.2 Å². The summed E-state index contributed by atoms with van der Waals surface area (Å²) in [6, 6.07) is 11.9. The molecule has 1 aromatic heterocycles. The van der Waals surface area contributed by atoms with E-state index < -0.39 is 60.3 Å². The molecule has 0 saturated carbocycles. The van der Waals surface area contributed by atoms with Gasteiger partial charge >= 0.3 is 23.9 Å². The van der Waals surface area contributed by atoms with Crippen LogP contribution in [0.2, 0.25) is 0 Å². The zero-order chi connectivity index (χ0) is 28.9. The maximum absolute atomic E-state index is 11.9. The third-order valence-corrected chi connectivity index (χ3v) is 5.35. The molecule has 0 aliphatic heterocycles. The van der Waals surface area contributed by atoms with Gasteiger partial charge in [-0.25, -0.2) is 0 Å². The van der Waals surface area contributed by atoms with E-state index in [0.717, 1.165) is 33.3 Å². The number of rotatable bonds is 14. The highest BCUT2D eigenvalue weighted by Crippen LogP contribution is 2.28. The summed E-state index contributed by atoms with van der Waals surface area (Å²) in [5.41, 5.74) is 1.40. The SMILES string of the molecule is CC(=O)O[C@H]([C@H](OC(C)=O)[C@H](C=O)OC(C)=O)[C@@H](COOc1ccc(C(Cl)c2ccccn2)cc1)OC(C)=O. The first-order valence-corrected chi connectivity index (χ1v) is 12.0. The molecule has 0 bridgehead atoms. The summed E-state index contributed by atoms with van der Waals surface area (Å²) >= 11 is 6.47. The highest BCUT2D eigenvalue weighted by atomic mass is 35.5. The van der Waals surface area contributed by atoms with Crippen molar-refractivity contribution in [1.82, 2.24) is 4.98 Å². The average molecular weight is 566 g/mol. The number of ether oxygens (including phenoxy) is 4. The minimum Gasteiger partial charge on any atom is -0.456 e. The molecule has 0 amide bonds. The van der Waals surface area contributed by atoms with Crippen molar-refractivity contribution >= 4 is 41.8 Å². The van der Waals surface area contributed by atoms with Gasteiger partial charge in [0.1, 0.15) is 12.0 Å². The number of esters is 4. The van der Waals surface area contributed by atoms with Crippen LogP contribution in [-0.2, 0) is 47.8 Å². The fourth-order valence-electron chi connectivity index (χ4n) is 3.39. The Morgan fingerprint density at radius 3 is 1.92 bits per heavy atom. The molecule has 2 aromatic rings. The van der Waals surface area contributed by atoms with Crippen LogP contribution >= 0.6 is 11.6 Å². The van der Waals surface area contributed by atoms with E-state index >= 15 is 0 Å². The van der Waals surface area contributed by atoms with Gasteiger partial charge in [0, 0.05) is 33.9 Å². The van der Waals surface area contributed by atoms with E-state index in [9.17, 15) is 24.0 Å². The van der Waals surface area contributed by atoms with Crippen LogP contribution in [0.5, 0.6) is 5.75 Å². The summed E-state index contributed by atoms with van der Waals surface area (Å²) in [7, 11) is 0. The number of hydrogen-bond acceptors (Lipinski definition) is 12. The topological polar surface area (TPSA) is 154 Å². The van der Waals surface area contributed by atoms with Crippen LogP contribution in [0.25, 0.3) is 0 Å². The number of nitrogens with zero attached hydrogens (tertiary/aromatic N) is 1. The van der Waals surface area contributed by atoms with Crippen molar-refractivity contribution in [3.8, 4) is 5.75 Å². The fourth-order valence-corrected chi connectivity index (χ4v) is 3.66. The van der Waals surface area contributed by atoms with Gasteiger partial charge in [0.2, 0.25) is 0 Å². The smallest absolute Gasteiger partial charge is 0.303 e. The molecule has 0 spiro atoms. The number of aldehydes is 1. The zero-order valence-electron chi connectivity index (χ0n) is 21.6. The third kappa shape index (κ3) is 10.3. The largest absolute Gasteiger partial charge is 0.456 e. The Balaban J connectivity index is 2.21. The van der Waals surface area contributed by atoms with Crippen molar-refractivity contribution in [1.29, 1.82) is 0 Å². The second-order valence-corrected chi connectivity index (χ2v) is 8.50. The summed E-state index contributed by atoms with van der Waals surface area (Å²) in [5.74, 6) is -3.21. The molecule has 1 heterocycles. The van der Waals surface area contributed by atoms with Crippen molar-refractivity contribution < 1.29 is 52.7 Å². The van der Waals surface area contributed by atoms with Crippen LogP contribution in [-0.4, -0.2) is 66.2 Å². The molecule has 2 rings (SSSR count). The summed E-state index contributed by atoms with van der Waals surface area (Å²) in [4.78, 5) is 73.4. The number of halogens is 1. The molecule has 12 nitrogen and oxygen atoms in total. The van der Waals surface area contributed by atoms with Gasteiger partial charge < -0.3 is 23.8 Å². The van der Waals surface area contributed by atoms with Crippen molar-refractivity contribution in [3.63, 3.8) is 0 Å². The van der Waals surface area contributed by atoms with Crippen molar-refractivity contribution in [2.75, 3.05) is 6.61 Å². The van der Waals surface area contributed by atoms with Gasteiger partial charge in [0.15, 0.2) is 36.5 Å². The maximum Gasteiger partial charge on any atom is 0.303 e. The Labute approximate surface area is 229 Å². The predicted molar refractivity (Wildman–Crippen MR) is 133 cm³/mol. The Bertz CT molecular complexity index is 1130. The zero-order valence-corrected chi connectivity index (χ0v) is 22.4. The summed E-state index contributed by atoms with van der Waals surface area (Å²) in [6.45, 7) is 3.62. The van der Waals surface area contributed by atoms with Gasteiger partial charge in [0.25, 0.3) is 0 Å². The van der Waals surface area contributed by atoms with E-state index in [4.69, 9.17) is 40.3 Å². The van der Waals surface area contributed by atoms with E-state index in [2.05, 4.69) is 4.98 Å². The maximum atomic E-state index is 11.9. The number of benzene rings is 1. The molecule has 1 unspecified atom stereocenters.